The number of rotatable bonds is 5. The van der Waals surface area contributed by atoms with E-state index < -0.39 is 0 Å². The quantitative estimate of drug-likeness (QED) is 0.879. The van der Waals surface area contributed by atoms with Gasteiger partial charge in [0.1, 0.15) is 0 Å². The van der Waals surface area contributed by atoms with E-state index >= 15 is 0 Å². The Morgan fingerprint density at radius 1 is 1.20 bits per heavy atom. The van der Waals surface area contributed by atoms with Crippen LogP contribution in [-0.2, 0) is 6.42 Å². The van der Waals surface area contributed by atoms with Gasteiger partial charge in [-0.1, -0.05) is 50.2 Å². The fraction of sp³-hybridized carbons (Fsp3) is 0.579. The van der Waals surface area contributed by atoms with Crippen LogP contribution in [0, 0.1) is 0 Å². The van der Waals surface area contributed by atoms with Crippen molar-refractivity contribution in [3.05, 3.63) is 47.1 Å². The van der Waals surface area contributed by atoms with E-state index in [1.165, 1.54) is 11.1 Å². The summed E-state index contributed by atoms with van der Waals surface area (Å²) in [7, 11) is 2.11. The minimum absolute atomic E-state index is 0. The van der Waals surface area contributed by atoms with Crippen molar-refractivity contribution in [3.63, 3.8) is 0 Å². The van der Waals surface area contributed by atoms with Crippen LogP contribution in [0.15, 0.2) is 28.8 Å². The minimum Gasteiger partial charge on any atom is -0.339 e. The predicted octanol–water partition coefficient (Wildman–Crippen LogP) is 3.54. The first-order chi connectivity index (χ1) is 11.5. The SMILES string of the molecule is CC(C)c1ccc(C(C)Cc2nc(C3CNCCN3C)no2)cc1.Cl. The maximum Gasteiger partial charge on any atom is 0.227 e. The van der Waals surface area contributed by atoms with Gasteiger partial charge >= 0.3 is 0 Å². The van der Waals surface area contributed by atoms with Gasteiger partial charge in [-0.25, -0.2) is 0 Å². The molecule has 3 rings (SSSR count). The topological polar surface area (TPSA) is 54.2 Å². The molecule has 1 aromatic heterocycles. The van der Waals surface area contributed by atoms with E-state index in [-0.39, 0.29) is 18.4 Å². The number of hydrogen-bond donors (Lipinski definition) is 1. The highest BCUT2D eigenvalue weighted by molar-refractivity contribution is 5.85. The second-order valence-electron chi connectivity index (χ2n) is 7.17. The van der Waals surface area contributed by atoms with Crippen LogP contribution in [0.1, 0.15) is 61.5 Å². The number of piperazine rings is 1. The van der Waals surface area contributed by atoms with Gasteiger partial charge in [0.05, 0.1) is 6.04 Å². The molecule has 0 saturated carbocycles. The molecule has 0 radical (unpaired) electrons. The van der Waals surface area contributed by atoms with Crippen molar-refractivity contribution in [1.29, 1.82) is 0 Å². The normalized spacial score (nSPS) is 19.6. The fourth-order valence-electron chi connectivity index (χ4n) is 3.17. The number of nitrogens with one attached hydrogen (secondary N) is 1. The Hall–Kier alpha value is -1.43. The summed E-state index contributed by atoms with van der Waals surface area (Å²) in [5, 5.41) is 7.60. The summed E-state index contributed by atoms with van der Waals surface area (Å²) < 4.78 is 5.50. The second-order valence-corrected chi connectivity index (χ2v) is 7.17. The van der Waals surface area contributed by atoms with E-state index in [4.69, 9.17) is 4.52 Å². The van der Waals surface area contributed by atoms with Gasteiger partial charge in [-0.3, -0.25) is 4.90 Å². The number of nitrogens with zero attached hydrogens (tertiary/aromatic N) is 3. The molecule has 1 aliphatic heterocycles. The summed E-state index contributed by atoms with van der Waals surface area (Å²) in [4.78, 5) is 6.91. The lowest BCUT2D eigenvalue weighted by Gasteiger charge is -2.30. The smallest absolute Gasteiger partial charge is 0.227 e. The molecule has 0 aliphatic carbocycles. The Bertz CT molecular complexity index is 656. The van der Waals surface area contributed by atoms with Crippen molar-refractivity contribution in [3.8, 4) is 0 Å². The van der Waals surface area contributed by atoms with Gasteiger partial charge in [-0.05, 0) is 30.0 Å². The standard InChI is InChI=1S/C19H28N4O.ClH/c1-13(2)15-5-7-16(8-6-15)14(3)11-18-21-19(22-24-18)17-12-20-9-10-23(17)4;/h5-8,13-14,17,20H,9-12H2,1-4H3;1H. The van der Waals surface area contributed by atoms with Gasteiger partial charge in [0.2, 0.25) is 5.89 Å². The lowest BCUT2D eigenvalue weighted by Crippen LogP contribution is -2.44. The van der Waals surface area contributed by atoms with Crippen molar-refractivity contribution in [2.24, 2.45) is 0 Å². The minimum atomic E-state index is 0. The number of benzene rings is 1. The molecule has 1 fully saturated rings. The summed E-state index contributed by atoms with van der Waals surface area (Å²) >= 11 is 0. The molecular weight excluding hydrogens is 336 g/mol. The zero-order valence-corrected chi connectivity index (χ0v) is 16.3. The number of likely N-dealkylation sites (N-methyl/N-ethyl adjacent to an activating group) is 1. The first kappa shape index (κ1) is 19.9. The molecule has 2 unspecified atom stereocenters. The molecule has 138 valence electrons. The Kier molecular flexibility index (Phi) is 6.99. The molecule has 2 atom stereocenters. The van der Waals surface area contributed by atoms with Crippen LogP contribution in [0.2, 0.25) is 0 Å². The lowest BCUT2D eigenvalue weighted by atomic mass is 9.94. The average Bonchev–Trinajstić information content (AvgIpc) is 3.03. The summed E-state index contributed by atoms with van der Waals surface area (Å²) in [6.45, 7) is 9.55. The van der Waals surface area contributed by atoms with E-state index in [0.717, 1.165) is 37.8 Å². The van der Waals surface area contributed by atoms with Crippen LogP contribution in [-0.4, -0.2) is 41.7 Å². The molecule has 25 heavy (non-hydrogen) atoms. The highest BCUT2D eigenvalue weighted by Crippen LogP contribution is 2.24. The van der Waals surface area contributed by atoms with Crippen molar-refractivity contribution < 1.29 is 4.52 Å². The number of halogens is 1. The zero-order chi connectivity index (χ0) is 17.1. The van der Waals surface area contributed by atoms with Crippen LogP contribution in [0.25, 0.3) is 0 Å². The van der Waals surface area contributed by atoms with Gasteiger partial charge in [0, 0.05) is 26.1 Å². The molecule has 1 aliphatic rings. The zero-order valence-electron chi connectivity index (χ0n) is 15.5. The van der Waals surface area contributed by atoms with Gasteiger partial charge in [-0.15, -0.1) is 12.4 Å². The van der Waals surface area contributed by atoms with Gasteiger partial charge in [0.15, 0.2) is 5.82 Å². The van der Waals surface area contributed by atoms with Crippen LogP contribution in [0.4, 0.5) is 0 Å². The maximum absolute atomic E-state index is 5.50. The lowest BCUT2D eigenvalue weighted by molar-refractivity contribution is 0.190. The van der Waals surface area contributed by atoms with Crippen LogP contribution >= 0.6 is 12.4 Å². The molecule has 2 heterocycles. The van der Waals surface area contributed by atoms with Crippen molar-refractivity contribution >= 4 is 12.4 Å². The molecule has 2 aromatic rings. The van der Waals surface area contributed by atoms with Crippen molar-refractivity contribution in [2.75, 3.05) is 26.7 Å². The molecule has 0 amide bonds. The van der Waals surface area contributed by atoms with E-state index in [1.807, 2.05) is 0 Å². The molecule has 1 N–H and O–H groups in total. The highest BCUT2D eigenvalue weighted by Gasteiger charge is 2.25. The van der Waals surface area contributed by atoms with E-state index in [9.17, 15) is 0 Å². The molecular formula is C19H29ClN4O. The van der Waals surface area contributed by atoms with E-state index in [0.29, 0.717) is 11.8 Å². The second kappa shape index (κ2) is 8.79. The van der Waals surface area contributed by atoms with E-state index in [2.05, 4.69) is 72.4 Å². The maximum atomic E-state index is 5.50. The predicted molar refractivity (Wildman–Crippen MR) is 102 cm³/mol. The monoisotopic (exact) mass is 364 g/mol. The van der Waals surface area contributed by atoms with Gasteiger partial charge in [-0.2, -0.15) is 4.98 Å². The Labute approximate surface area is 156 Å². The Morgan fingerprint density at radius 3 is 2.52 bits per heavy atom. The number of hydrogen-bond acceptors (Lipinski definition) is 5. The first-order valence-corrected chi connectivity index (χ1v) is 8.88. The molecule has 6 heteroatoms. The molecule has 0 bridgehead atoms. The summed E-state index contributed by atoms with van der Waals surface area (Å²) in [5.41, 5.74) is 2.69. The summed E-state index contributed by atoms with van der Waals surface area (Å²) in [6.07, 6.45) is 0.776. The van der Waals surface area contributed by atoms with Crippen LogP contribution in [0.3, 0.4) is 0 Å². The van der Waals surface area contributed by atoms with E-state index in [1.54, 1.807) is 0 Å². The fourth-order valence-corrected chi connectivity index (χ4v) is 3.17. The molecule has 1 aromatic carbocycles. The Balaban J connectivity index is 0.00000225. The van der Waals surface area contributed by atoms with Crippen molar-refractivity contribution in [2.45, 2.75) is 45.1 Å². The summed E-state index contributed by atoms with van der Waals surface area (Å²) in [6, 6.07) is 9.08. The van der Waals surface area contributed by atoms with Crippen molar-refractivity contribution in [1.82, 2.24) is 20.4 Å². The molecule has 0 spiro atoms. The van der Waals surface area contributed by atoms with Crippen LogP contribution in [0.5, 0.6) is 0 Å². The Morgan fingerprint density at radius 2 is 1.88 bits per heavy atom. The average molecular weight is 365 g/mol. The van der Waals surface area contributed by atoms with Crippen LogP contribution < -0.4 is 5.32 Å². The molecule has 1 saturated heterocycles. The first-order valence-electron chi connectivity index (χ1n) is 8.88. The van der Waals surface area contributed by atoms with Gasteiger partial charge in [0.25, 0.3) is 0 Å². The third-order valence-electron chi connectivity index (χ3n) is 4.95. The summed E-state index contributed by atoms with van der Waals surface area (Å²) in [5.74, 6) is 2.45. The third kappa shape index (κ3) is 4.81. The van der Waals surface area contributed by atoms with Gasteiger partial charge < -0.3 is 9.84 Å². The largest absolute Gasteiger partial charge is 0.339 e. The highest BCUT2D eigenvalue weighted by atomic mass is 35.5. The number of aromatic nitrogens is 2. The molecule has 5 nitrogen and oxygen atoms in total. The third-order valence-corrected chi connectivity index (χ3v) is 4.95.